The largest absolute Gasteiger partial charge is 0.388 e. The average Bonchev–Trinajstić information content (AvgIpc) is 2.68. The lowest BCUT2D eigenvalue weighted by molar-refractivity contribution is -0.130. The van der Waals surface area contributed by atoms with Crippen LogP contribution in [0.1, 0.15) is 12.0 Å². The summed E-state index contributed by atoms with van der Waals surface area (Å²) in [6, 6.07) is 5.18. The number of hydrogen-bond donors (Lipinski definition) is 2. The maximum absolute atomic E-state index is 11.9. The van der Waals surface area contributed by atoms with Gasteiger partial charge in [0.15, 0.2) is 0 Å². The van der Waals surface area contributed by atoms with Gasteiger partial charge in [-0.15, -0.1) is 0 Å². The van der Waals surface area contributed by atoms with Gasteiger partial charge in [-0.05, 0) is 24.1 Å². The molecule has 1 heterocycles. The highest BCUT2D eigenvalue weighted by molar-refractivity contribution is 6.35. The monoisotopic (exact) mass is 303 g/mol. The predicted octanol–water partition coefficient (Wildman–Crippen LogP) is 1.49. The van der Waals surface area contributed by atoms with E-state index in [1.807, 2.05) is 0 Å². The molecule has 1 aromatic rings. The fourth-order valence-electron chi connectivity index (χ4n) is 2.10. The quantitative estimate of drug-likeness (QED) is 0.889. The molecule has 0 unspecified atom stereocenters. The van der Waals surface area contributed by atoms with E-state index in [4.69, 9.17) is 23.2 Å². The molecule has 0 aliphatic carbocycles. The van der Waals surface area contributed by atoms with Crippen molar-refractivity contribution in [1.82, 2.24) is 4.90 Å². The van der Waals surface area contributed by atoms with Gasteiger partial charge in [0, 0.05) is 29.6 Å². The number of likely N-dealkylation sites (tertiary alicyclic amines) is 1. The molecule has 2 atom stereocenters. The van der Waals surface area contributed by atoms with Crippen LogP contribution in [0, 0.1) is 0 Å². The number of aryl methyl sites for hydroxylation is 1. The third-order valence-electron chi connectivity index (χ3n) is 3.24. The maximum Gasteiger partial charge on any atom is 0.223 e. The van der Waals surface area contributed by atoms with E-state index in [0.29, 0.717) is 22.9 Å². The van der Waals surface area contributed by atoms with Gasteiger partial charge < -0.3 is 15.1 Å². The Morgan fingerprint density at radius 1 is 1.26 bits per heavy atom. The van der Waals surface area contributed by atoms with Crippen LogP contribution in [-0.2, 0) is 11.2 Å². The van der Waals surface area contributed by atoms with Crippen molar-refractivity contribution in [2.75, 3.05) is 13.1 Å². The molecule has 1 saturated heterocycles. The van der Waals surface area contributed by atoms with Gasteiger partial charge in [0.05, 0.1) is 12.2 Å². The van der Waals surface area contributed by atoms with E-state index in [1.54, 1.807) is 18.2 Å². The number of halogens is 2. The van der Waals surface area contributed by atoms with Crippen molar-refractivity contribution in [1.29, 1.82) is 0 Å². The number of carbonyl (C=O) groups is 1. The topological polar surface area (TPSA) is 60.8 Å². The van der Waals surface area contributed by atoms with Crippen LogP contribution < -0.4 is 0 Å². The van der Waals surface area contributed by atoms with Gasteiger partial charge in [0.2, 0.25) is 5.91 Å². The first-order chi connectivity index (χ1) is 8.97. The molecule has 6 heteroatoms. The zero-order valence-corrected chi connectivity index (χ0v) is 11.7. The van der Waals surface area contributed by atoms with Crippen molar-refractivity contribution in [3.63, 3.8) is 0 Å². The number of rotatable bonds is 3. The minimum Gasteiger partial charge on any atom is -0.388 e. The highest BCUT2D eigenvalue weighted by Crippen LogP contribution is 2.22. The first-order valence-electron chi connectivity index (χ1n) is 6.05. The molecule has 0 radical (unpaired) electrons. The van der Waals surface area contributed by atoms with Crippen molar-refractivity contribution in [3.8, 4) is 0 Å². The maximum atomic E-state index is 11.9. The minimum absolute atomic E-state index is 0.0957. The van der Waals surface area contributed by atoms with Crippen LogP contribution in [0.5, 0.6) is 0 Å². The Hall–Kier alpha value is -0.810. The molecule has 2 N–H and O–H groups in total. The van der Waals surface area contributed by atoms with E-state index in [0.717, 1.165) is 5.56 Å². The molecule has 1 fully saturated rings. The van der Waals surface area contributed by atoms with Crippen molar-refractivity contribution >= 4 is 29.1 Å². The number of aliphatic hydroxyl groups excluding tert-OH is 2. The summed E-state index contributed by atoms with van der Waals surface area (Å²) in [4.78, 5) is 13.4. The highest BCUT2D eigenvalue weighted by atomic mass is 35.5. The van der Waals surface area contributed by atoms with Crippen LogP contribution in [0.15, 0.2) is 18.2 Å². The zero-order chi connectivity index (χ0) is 14.0. The second-order valence-electron chi connectivity index (χ2n) is 4.67. The molecule has 2 rings (SSSR count). The Kier molecular flexibility index (Phi) is 4.68. The standard InChI is InChI=1S/C13H15Cl2NO3/c14-9-3-1-8(10(15)5-9)2-4-13(19)16-6-11(17)12(18)7-16/h1,3,5,11-12,17-18H,2,4,6-7H2/t11-,12+. The van der Waals surface area contributed by atoms with E-state index >= 15 is 0 Å². The number of nitrogens with zero attached hydrogens (tertiary/aromatic N) is 1. The Bertz CT molecular complexity index is 471. The predicted molar refractivity (Wildman–Crippen MR) is 73.4 cm³/mol. The summed E-state index contributed by atoms with van der Waals surface area (Å²) < 4.78 is 0. The van der Waals surface area contributed by atoms with Crippen LogP contribution in [0.25, 0.3) is 0 Å². The Balaban J connectivity index is 1.90. The van der Waals surface area contributed by atoms with Gasteiger partial charge in [-0.3, -0.25) is 4.79 Å². The summed E-state index contributed by atoms with van der Waals surface area (Å²) in [6.45, 7) is 0.378. The first-order valence-corrected chi connectivity index (χ1v) is 6.81. The average molecular weight is 304 g/mol. The Morgan fingerprint density at radius 2 is 1.89 bits per heavy atom. The third-order valence-corrected chi connectivity index (χ3v) is 3.82. The van der Waals surface area contributed by atoms with Gasteiger partial charge in [0.1, 0.15) is 0 Å². The lowest BCUT2D eigenvalue weighted by Crippen LogP contribution is -2.29. The second kappa shape index (κ2) is 6.09. The number of β-amino-alcohol motifs (C(OH)–C–C–N with tert-alkyl or cyclic N) is 2. The molecule has 1 amide bonds. The minimum atomic E-state index is -0.844. The fraction of sp³-hybridized carbons (Fsp3) is 0.462. The van der Waals surface area contributed by atoms with Gasteiger partial charge in [0.25, 0.3) is 0 Å². The van der Waals surface area contributed by atoms with E-state index in [-0.39, 0.29) is 19.0 Å². The van der Waals surface area contributed by atoms with Crippen molar-refractivity contribution in [3.05, 3.63) is 33.8 Å². The van der Waals surface area contributed by atoms with Gasteiger partial charge >= 0.3 is 0 Å². The van der Waals surface area contributed by atoms with Crippen molar-refractivity contribution in [2.24, 2.45) is 0 Å². The Labute approximate surface area is 121 Å². The lowest BCUT2D eigenvalue weighted by Gasteiger charge is -2.15. The number of benzene rings is 1. The van der Waals surface area contributed by atoms with Crippen LogP contribution >= 0.6 is 23.2 Å². The van der Waals surface area contributed by atoms with Crippen LogP contribution in [0.3, 0.4) is 0 Å². The molecule has 0 bridgehead atoms. The molecule has 0 spiro atoms. The SMILES string of the molecule is O=C(CCc1ccc(Cl)cc1Cl)N1C[C@@H](O)[C@@H](O)C1. The second-order valence-corrected chi connectivity index (χ2v) is 5.51. The zero-order valence-electron chi connectivity index (χ0n) is 10.2. The first kappa shape index (κ1) is 14.6. The summed E-state index contributed by atoms with van der Waals surface area (Å²) >= 11 is 11.8. The van der Waals surface area contributed by atoms with E-state index in [9.17, 15) is 15.0 Å². The van der Waals surface area contributed by atoms with Crippen molar-refractivity contribution < 1.29 is 15.0 Å². The number of aliphatic hydroxyl groups is 2. The summed E-state index contributed by atoms with van der Waals surface area (Å²) in [7, 11) is 0. The highest BCUT2D eigenvalue weighted by Gasteiger charge is 2.32. The summed E-state index contributed by atoms with van der Waals surface area (Å²) in [5, 5.41) is 19.9. The molecule has 1 aliphatic heterocycles. The molecule has 1 aliphatic rings. The molecule has 1 aromatic carbocycles. The van der Waals surface area contributed by atoms with E-state index in [1.165, 1.54) is 4.90 Å². The molecule has 4 nitrogen and oxygen atoms in total. The number of amides is 1. The molecule has 104 valence electrons. The van der Waals surface area contributed by atoms with Crippen LogP contribution in [0.2, 0.25) is 10.0 Å². The van der Waals surface area contributed by atoms with Crippen LogP contribution in [-0.4, -0.2) is 46.3 Å². The molecule has 0 aromatic heterocycles. The van der Waals surface area contributed by atoms with E-state index < -0.39 is 12.2 Å². The van der Waals surface area contributed by atoms with Crippen molar-refractivity contribution in [2.45, 2.75) is 25.0 Å². The summed E-state index contributed by atoms with van der Waals surface area (Å²) in [5.74, 6) is -0.0957. The Morgan fingerprint density at radius 3 is 2.47 bits per heavy atom. The number of carbonyl (C=O) groups excluding carboxylic acids is 1. The molecule has 19 heavy (non-hydrogen) atoms. The third kappa shape index (κ3) is 3.60. The number of hydrogen-bond acceptors (Lipinski definition) is 3. The van der Waals surface area contributed by atoms with Gasteiger partial charge in [-0.25, -0.2) is 0 Å². The fourth-order valence-corrected chi connectivity index (χ4v) is 2.60. The van der Waals surface area contributed by atoms with E-state index in [2.05, 4.69) is 0 Å². The smallest absolute Gasteiger partial charge is 0.223 e. The molecular weight excluding hydrogens is 289 g/mol. The molecular formula is C13H15Cl2NO3. The van der Waals surface area contributed by atoms with Gasteiger partial charge in [-0.1, -0.05) is 29.3 Å². The summed E-state index contributed by atoms with van der Waals surface area (Å²) in [5.41, 5.74) is 0.861. The summed E-state index contributed by atoms with van der Waals surface area (Å²) in [6.07, 6.45) is -0.885. The van der Waals surface area contributed by atoms with Crippen LogP contribution in [0.4, 0.5) is 0 Å². The normalized spacial score (nSPS) is 22.8. The van der Waals surface area contributed by atoms with Gasteiger partial charge in [-0.2, -0.15) is 0 Å². The lowest BCUT2D eigenvalue weighted by atomic mass is 10.1. The molecule has 0 saturated carbocycles.